The number of amides is 1. The fraction of sp³-hybridized carbons (Fsp3) is 0.615. The van der Waals surface area contributed by atoms with Crippen LogP contribution in [0.4, 0.5) is 0 Å². The maximum absolute atomic E-state index is 12.5. The molecule has 1 N–H and O–H groups in total. The van der Waals surface area contributed by atoms with Crippen LogP contribution in [0.25, 0.3) is 0 Å². The number of methoxy groups -OCH3 is 1. The number of benzene rings is 1. The van der Waals surface area contributed by atoms with Gasteiger partial charge in [0, 0.05) is 31.7 Å². The second-order valence-corrected chi connectivity index (χ2v) is 8.86. The first-order valence-electron chi connectivity index (χ1n) is 12.1. The third kappa shape index (κ3) is 8.07. The number of aryl methyl sites for hydroxylation is 1. The van der Waals surface area contributed by atoms with Crippen LogP contribution in [0, 0.1) is 19.8 Å². The van der Waals surface area contributed by atoms with Crippen molar-refractivity contribution in [3.8, 4) is 11.5 Å². The van der Waals surface area contributed by atoms with E-state index in [1.807, 2.05) is 25.1 Å². The number of hydrogen-bond donors (Lipinski definition) is 1. The zero-order valence-electron chi connectivity index (χ0n) is 21.5. The monoisotopic (exact) mass is 458 g/mol. The molecule has 0 spiro atoms. The Hall–Kier alpha value is -2.54. The van der Waals surface area contributed by atoms with E-state index in [-0.39, 0.29) is 5.91 Å². The number of carbonyl (C=O) groups is 1. The van der Waals surface area contributed by atoms with Gasteiger partial charge in [-0.2, -0.15) is 5.10 Å². The lowest BCUT2D eigenvalue weighted by Gasteiger charge is -2.19. The van der Waals surface area contributed by atoms with E-state index in [4.69, 9.17) is 9.47 Å². The van der Waals surface area contributed by atoms with Gasteiger partial charge in [-0.1, -0.05) is 33.8 Å². The molecule has 0 bridgehead atoms. The van der Waals surface area contributed by atoms with Gasteiger partial charge < -0.3 is 19.7 Å². The minimum Gasteiger partial charge on any atom is -0.493 e. The van der Waals surface area contributed by atoms with Gasteiger partial charge >= 0.3 is 0 Å². The quantitative estimate of drug-likeness (QED) is 0.461. The SMILES string of the molecule is CCN(CC)CCOc1ccc(CNC(=O)CCc2c(C)nn(CC(C)C)c2C)cc1OC. The minimum atomic E-state index is 0.0314. The molecule has 0 radical (unpaired) electrons. The van der Waals surface area contributed by atoms with E-state index in [1.165, 1.54) is 5.56 Å². The molecule has 0 atom stereocenters. The molecular weight excluding hydrogens is 416 g/mol. The minimum absolute atomic E-state index is 0.0314. The number of ether oxygens (including phenoxy) is 2. The van der Waals surface area contributed by atoms with Gasteiger partial charge in [0.1, 0.15) is 6.61 Å². The van der Waals surface area contributed by atoms with Crippen molar-refractivity contribution in [1.82, 2.24) is 20.0 Å². The Morgan fingerprint density at radius 2 is 1.91 bits per heavy atom. The van der Waals surface area contributed by atoms with Gasteiger partial charge in [0.15, 0.2) is 11.5 Å². The van der Waals surface area contributed by atoms with Crippen molar-refractivity contribution in [2.24, 2.45) is 5.92 Å². The van der Waals surface area contributed by atoms with Gasteiger partial charge in [-0.3, -0.25) is 9.48 Å². The van der Waals surface area contributed by atoms with Gasteiger partial charge in [-0.25, -0.2) is 0 Å². The van der Waals surface area contributed by atoms with E-state index in [0.717, 1.165) is 48.9 Å². The fourth-order valence-electron chi connectivity index (χ4n) is 3.91. The van der Waals surface area contributed by atoms with Crippen LogP contribution in [-0.4, -0.2) is 53.9 Å². The number of hydrogen-bond acceptors (Lipinski definition) is 5. The van der Waals surface area contributed by atoms with E-state index < -0.39 is 0 Å². The van der Waals surface area contributed by atoms with Gasteiger partial charge in [0.2, 0.25) is 5.91 Å². The highest BCUT2D eigenvalue weighted by molar-refractivity contribution is 5.76. The van der Waals surface area contributed by atoms with E-state index in [2.05, 4.69) is 54.6 Å². The lowest BCUT2D eigenvalue weighted by Crippen LogP contribution is -2.28. The number of nitrogens with zero attached hydrogens (tertiary/aromatic N) is 3. The Balaban J connectivity index is 1.86. The average Bonchev–Trinajstić information content (AvgIpc) is 3.05. The summed E-state index contributed by atoms with van der Waals surface area (Å²) < 4.78 is 13.5. The summed E-state index contributed by atoms with van der Waals surface area (Å²) in [6.07, 6.45) is 1.14. The molecule has 184 valence electrons. The van der Waals surface area contributed by atoms with Gasteiger partial charge in [-0.15, -0.1) is 0 Å². The second-order valence-electron chi connectivity index (χ2n) is 8.86. The summed E-state index contributed by atoms with van der Waals surface area (Å²) in [7, 11) is 1.64. The number of carbonyl (C=O) groups excluding carboxylic acids is 1. The molecule has 0 unspecified atom stereocenters. The van der Waals surface area contributed by atoms with Crippen molar-refractivity contribution in [2.75, 3.05) is 33.4 Å². The summed E-state index contributed by atoms with van der Waals surface area (Å²) in [5.74, 6) is 1.98. The highest BCUT2D eigenvalue weighted by Crippen LogP contribution is 2.28. The largest absolute Gasteiger partial charge is 0.493 e. The van der Waals surface area contributed by atoms with E-state index in [9.17, 15) is 4.79 Å². The summed E-state index contributed by atoms with van der Waals surface area (Å²) in [5.41, 5.74) is 4.34. The third-order valence-corrected chi connectivity index (χ3v) is 5.95. The Morgan fingerprint density at radius 3 is 2.55 bits per heavy atom. The Morgan fingerprint density at radius 1 is 1.18 bits per heavy atom. The molecule has 2 aromatic rings. The zero-order chi connectivity index (χ0) is 24.4. The molecular formula is C26H42N4O3. The maximum atomic E-state index is 12.5. The first-order valence-corrected chi connectivity index (χ1v) is 12.1. The predicted octanol–water partition coefficient (Wildman–Crippen LogP) is 4.13. The van der Waals surface area contributed by atoms with Gasteiger partial charge in [-0.05, 0) is 62.5 Å². The van der Waals surface area contributed by atoms with Crippen LogP contribution in [0.15, 0.2) is 18.2 Å². The molecule has 0 aliphatic rings. The zero-order valence-corrected chi connectivity index (χ0v) is 21.5. The number of nitrogens with one attached hydrogen (secondary N) is 1. The predicted molar refractivity (Wildman–Crippen MR) is 133 cm³/mol. The Labute approximate surface area is 199 Å². The van der Waals surface area contributed by atoms with Gasteiger partial charge in [0.05, 0.1) is 12.8 Å². The first-order chi connectivity index (χ1) is 15.8. The standard InChI is InChI=1S/C26H42N4O3/c1-8-29(9-2)14-15-33-24-12-10-22(16-25(24)32-7)17-27-26(31)13-11-23-20(5)28-30(21(23)6)18-19(3)4/h10,12,16,19H,8-9,11,13-15,17-18H2,1-7H3,(H,27,31). The molecule has 0 saturated heterocycles. The fourth-order valence-corrected chi connectivity index (χ4v) is 3.91. The van der Waals surface area contributed by atoms with Crippen molar-refractivity contribution >= 4 is 5.91 Å². The average molecular weight is 459 g/mol. The van der Waals surface area contributed by atoms with Crippen LogP contribution >= 0.6 is 0 Å². The van der Waals surface area contributed by atoms with Crippen LogP contribution in [-0.2, 0) is 24.3 Å². The topological polar surface area (TPSA) is 68.6 Å². The molecule has 1 aromatic heterocycles. The lowest BCUT2D eigenvalue weighted by molar-refractivity contribution is -0.121. The molecule has 0 aliphatic heterocycles. The van der Waals surface area contributed by atoms with Crippen molar-refractivity contribution < 1.29 is 14.3 Å². The highest BCUT2D eigenvalue weighted by Gasteiger charge is 2.14. The van der Waals surface area contributed by atoms with Crippen LogP contribution in [0.5, 0.6) is 11.5 Å². The second kappa shape index (κ2) is 13.2. The van der Waals surface area contributed by atoms with E-state index >= 15 is 0 Å². The highest BCUT2D eigenvalue weighted by atomic mass is 16.5. The van der Waals surface area contributed by atoms with Crippen LogP contribution in [0.3, 0.4) is 0 Å². The molecule has 1 amide bonds. The van der Waals surface area contributed by atoms with Crippen LogP contribution in [0.2, 0.25) is 0 Å². The summed E-state index contributed by atoms with van der Waals surface area (Å²) >= 11 is 0. The van der Waals surface area contributed by atoms with Crippen molar-refractivity contribution in [2.45, 2.75) is 67.5 Å². The number of rotatable bonds is 14. The smallest absolute Gasteiger partial charge is 0.220 e. The normalized spacial score (nSPS) is 11.3. The van der Waals surface area contributed by atoms with Crippen molar-refractivity contribution in [3.05, 3.63) is 40.7 Å². The Kier molecular flexibility index (Phi) is 10.7. The summed E-state index contributed by atoms with van der Waals surface area (Å²) in [5, 5.41) is 7.67. The summed E-state index contributed by atoms with van der Waals surface area (Å²) in [6, 6.07) is 5.81. The van der Waals surface area contributed by atoms with E-state index in [1.54, 1.807) is 7.11 Å². The van der Waals surface area contributed by atoms with Crippen molar-refractivity contribution in [3.63, 3.8) is 0 Å². The van der Waals surface area contributed by atoms with E-state index in [0.29, 0.717) is 37.7 Å². The molecule has 0 saturated carbocycles. The molecule has 1 heterocycles. The van der Waals surface area contributed by atoms with Gasteiger partial charge in [0.25, 0.3) is 0 Å². The van der Waals surface area contributed by atoms with Crippen molar-refractivity contribution in [1.29, 1.82) is 0 Å². The van der Waals surface area contributed by atoms with Crippen LogP contribution in [0.1, 0.15) is 56.6 Å². The summed E-state index contributed by atoms with van der Waals surface area (Å²) in [6.45, 7) is 17.6. The maximum Gasteiger partial charge on any atom is 0.220 e. The molecule has 2 rings (SSSR count). The number of likely N-dealkylation sites (N-methyl/N-ethyl adjacent to an activating group) is 1. The lowest BCUT2D eigenvalue weighted by atomic mass is 10.1. The first kappa shape index (κ1) is 26.7. The summed E-state index contributed by atoms with van der Waals surface area (Å²) in [4.78, 5) is 14.8. The van der Waals surface area contributed by atoms with Crippen LogP contribution < -0.4 is 14.8 Å². The third-order valence-electron chi connectivity index (χ3n) is 5.95. The Bertz CT molecular complexity index is 888. The molecule has 7 nitrogen and oxygen atoms in total. The molecule has 1 aromatic carbocycles. The molecule has 0 fully saturated rings. The molecule has 7 heteroatoms. The molecule has 33 heavy (non-hydrogen) atoms. The number of aromatic nitrogens is 2. The molecule has 0 aliphatic carbocycles.